The van der Waals surface area contributed by atoms with Crippen LogP contribution in [0.1, 0.15) is 36.8 Å². The fourth-order valence-electron chi connectivity index (χ4n) is 3.66. The number of rotatable bonds is 1. The molecular formula is C15H17BrF2. The molecule has 1 saturated carbocycles. The molecule has 2 aliphatic carbocycles. The van der Waals surface area contributed by atoms with E-state index in [2.05, 4.69) is 34.1 Å². The molecule has 1 aromatic carbocycles. The second kappa shape index (κ2) is 4.59. The Kier molecular flexibility index (Phi) is 3.21. The fraction of sp³-hybridized carbons (Fsp3) is 0.600. The van der Waals surface area contributed by atoms with E-state index in [1.807, 2.05) is 0 Å². The van der Waals surface area contributed by atoms with Crippen molar-refractivity contribution < 1.29 is 8.78 Å². The van der Waals surface area contributed by atoms with Gasteiger partial charge in [-0.1, -0.05) is 22.0 Å². The lowest BCUT2D eigenvalue weighted by Crippen LogP contribution is -2.30. The van der Waals surface area contributed by atoms with Crippen LogP contribution in [0.25, 0.3) is 0 Å². The summed E-state index contributed by atoms with van der Waals surface area (Å²) in [7, 11) is 0. The lowest BCUT2D eigenvalue weighted by molar-refractivity contribution is 0.0266. The van der Waals surface area contributed by atoms with Crippen molar-refractivity contribution in [3.63, 3.8) is 0 Å². The second-order valence-corrected chi connectivity index (χ2v) is 6.85. The smallest absolute Gasteiger partial charge is 0.210 e. The highest BCUT2D eigenvalue weighted by molar-refractivity contribution is 9.10. The first-order valence-electron chi connectivity index (χ1n) is 6.63. The molecule has 0 saturated heterocycles. The summed E-state index contributed by atoms with van der Waals surface area (Å²) in [5.41, 5.74) is 3.13. The van der Waals surface area contributed by atoms with Crippen molar-refractivity contribution in [3.05, 3.63) is 33.8 Å². The third kappa shape index (κ3) is 2.22. The van der Waals surface area contributed by atoms with E-state index in [1.54, 1.807) is 0 Å². The maximum absolute atomic E-state index is 12.7. The molecule has 0 unspecified atom stereocenters. The summed E-state index contributed by atoms with van der Waals surface area (Å²) in [5, 5.41) is 0. The van der Waals surface area contributed by atoms with Gasteiger partial charge in [-0.15, -0.1) is 0 Å². The average molecular weight is 315 g/mol. The molecule has 2 aliphatic rings. The normalized spacial score (nSPS) is 31.0. The van der Waals surface area contributed by atoms with Crippen LogP contribution in [0.5, 0.6) is 0 Å². The van der Waals surface area contributed by atoms with Gasteiger partial charge >= 0.3 is 0 Å². The summed E-state index contributed by atoms with van der Waals surface area (Å²) >= 11 is 3.51. The van der Waals surface area contributed by atoms with E-state index in [0.29, 0.717) is 12.8 Å². The molecule has 18 heavy (non-hydrogen) atoms. The third-order valence-corrected chi connectivity index (χ3v) is 5.24. The maximum Gasteiger partial charge on any atom is 0.241 e. The molecule has 3 rings (SSSR count). The van der Waals surface area contributed by atoms with Crippen LogP contribution in [0.2, 0.25) is 0 Å². The molecule has 0 heterocycles. The van der Waals surface area contributed by atoms with Gasteiger partial charge in [-0.3, -0.25) is 0 Å². The molecule has 0 aliphatic heterocycles. The molecular weight excluding hydrogens is 298 g/mol. The van der Waals surface area contributed by atoms with Crippen LogP contribution in [-0.2, 0) is 12.8 Å². The number of hydrogen-bond acceptors (Lipinski definition) is 0. The lowest BCUT2D eigenvalue weighted by Gasteiger charge is -2.37. The zero-order valence-electron chi connectivity index (χ0n) is 10.3. The fourth-order valence-corrected chi connectivity index (χ4v) is 4.07. The van der Waals surface area contributed by atoms with Gasteiger partial charge in [-0.2, -0.15) is 0 Å². The molecule has 0 aromatic heterocycles. The predicted molar refractivity (Wildman–Crippen MR) is 71.9 cm³/mol. The van der Waals surface area contributed by atoms with Gasteiger partial charge in [-0.05, 0) is 67.2 Å². The Morgan fingerprint density at radius 2 is 1.78 bits per heavy atom. The number of alkyl halides is 2. The highest BCUT2D eigenvalue weighted by Crippen LogP contribution is 2.49. The van der Waals surface area contributed by atoms with Crippen LogP contribution < -0.4 is 0 Å². The van der Waals surface area contributed by atoms with Gasteiger partial charge in [0.15, 0.2) is 0 Å². The third-order valence-electron chi connectivity index (χ3n) is 4.75. The first-order chi connectivity index (χ1) is 8.58. The van der Waals surface area contributed by atoms with Gasteiger partial charge in [0.25, 0.3) is 0 Å². The number of fused-ring (bicyclic) bond motifs is 1. The largest absolute Gasteiger partial charge is 0.241 e. The van der Waals surface area contributed by atoms with Crippen molar-refractivity contribution in [2.24, 2.45) is 11.3 Å². The molecule has 0 amide bonds. The molecule has 0 nitrogen and oxygen atoms in total. The number of benzene rings is 1. The summed E-state index contributed by atoms with van der Waals surface area (Å²) in [5.74, 6) is -0.355. The Balaban J connectivity index is 1.74. The summed E-state index contributed by atoms with van der Waals surface area (Å²) in [6, 6.07) is 6.47. The van der Waals surface area contributed by atoms with Crippen molar-refractivity contribution in [2.75, 3.05) is 0 Å². The van der Waals surface area contributed by atoms with Crippen molar-refractivity contribution in [3.8, 4) is 0 Å². The Labute approximate surface area is 115 Å². The molecule has 0 N–H and O–H groups in total. The van der Waals surface area contributed by atoms with E-state index in [-0.39, 0.29) is 11.3 Å². The topological polar surface area (TPSA) is 0 Å². The highest BCUT2D eigenvalue weighted by atomic mass is 79.9. The number of halogens is 3. The predicted octanol–water partition coefficient (Wildman–Crippen LogP) is 4.99. The Bertz CT molecular complexity index is 448. The zero-order valence-corrected chi connectivity index (χ0v) is 11.8. The molecule has 1 fully saturated rings. The molecule has 0 radical (unpaired) electrons. The molecule has 98 valence electrons. The minimum absolute atomic E-state index is 0.286. The van der Waals surface area contributed by atoms with Gasteiger partial charge in [0.1, 0.15) is 0 Å². The van der Waals surface area contributed by atoms with Crippen molar-refractivity contribution in [1.29, 1.82) is 0 Å². The monoisotopic (exact) mass is 314 g/mol. The van der Waals surface area contributed by atoms with Crippen LogP contribution in [0.15, 0.2) is 22.7 Å². The van der Waals surface area contributed by atoms with Crippen molar-refractivity contribution in [2.45, 2.75) is 45.0 Å². The quantitative estimate of drug-likeness (QED) is 0.685. The Morgan fingerprint density at radius 1 is 1.11 bits per heavy atom. The van der Waals surface area contributed by atoms with Gasteiger partial charge < -0.3 is 0 Å². The van der Waals surface area contributed by atoms with Crippen LogP contribution in [0.3, 0.4) is 0 Å². The summed E-state index contributed by atoms with van der Waals surface area (Å²) in [4.78, 5) is 0. The minimum Gasteiger partial charge on any atom is -0.210 e. The SMILES string of the molecule is FC(F)C1CCC2(CC1)Cc1ccc(Br)cc1C2. The van der Waals surface area contributed by atoms with E-state index in [9.17, 15) is 8.78 Å². The van der Waals surface area contributed by atoms with Crippen LogP contribution in [0.4, 0.5) is 8.78 Å². The van der Waals surface area contributed by atoms with E-state index < -0.39 is 6.43 Å². The molecule has 1 aromatic rings. The second-order valence-electron chi connectivity index (χ2n) is 5.94. The summed E-state index contributed by atoms with van der Waals surface area (Å²) < 4.78 is 26.5. The lowest BCUT2D eigenvalue weighted by atomic mass is 9.69. The van der Waals surface area contributed by atoms with E-state index in [4.69, 9.17) is 0 Å². The zero-order chi connectivity index (χ0) is 12.8. The minimum atomic E-state index is -2.12. The maximum atomic E-state index is 12.7. The van der Waals surface area contributed by atoms with E-state index in [1.165, 1.54) is 11.1 Å². The van der Waals surface area contributed by atoms with E-state index >= 15 is 0 Å². The Morgan fingerprint density at radius 3 is 2.44 bits per heavy atom. The van der Waals surface area contributed by atoms with Crippen LogP contribution in [0, 0.1) is 11.3 Å². The molecule has 0 atom stereocenters. The van der Waals surface area contributed by atoms with E-state index in [0.717, 1.165) is 30.2 Å². The van der Waals surface area contributed by atoms with Crippen molar-refractivity contribution in [1.82, 2.24) is 0 Å². The molecule has 1 spiro atoms. The Hall–Kier alpha value is -0.440. The van der Waals surface area contributed by atoms with Gasteiger partial charge in [-0.25, -0.2) is 8.78 Å². The van der Waals surface area contributed by atoms with Gasteiger partial charge in [0.2, 0.25) is 6.43 Å². The first kappa shape index (κ1) is 12.6. The van der Waals surface area contributed by atoms with Gasteiger partial charge in [0, 0.05) is 10.4 Å². The molecule has 3 heteroatoms. The van der Waals surface area contributed by atoms with Crippen molar-refractivity contribution >= 4 is 15.9 Å². The van der Waals surface area contributed by atoms with Crippen LogP contribution >= 0.6 is 15.9 Å². The summed E-state index contributed by atoms with van der Waals surface area (Å²) in [6.45, 7) is 0. The first-order valence-corrected chi connectivity index (χ1v) is 7.43. The average Bonchev–Trinajstić information content (AvgIpc) is 2.66. The molecule has 0 bridgehead atoms. The van der Waals surface area contributed by atoms with Gasteiger partial charge in [0.05, 0.1) is 0 Å². The summed E-state index contributed by atoms with van der Waals surface area (Å²) in [6.07, 6.45) is 3.38. The standard InChI is InChI=1S/C15H17BrF2/c16-13-2-1-11-8-15(9-12(11)7-13)5-3-10(4-6-15)14(17)18/h1-2,7,10,14H,3-6,8-9H2. The highest BCUT2D eigenvalue weighted by Gasteiger charge is 2.41. The number of hydrogen-bond donors (Lipinski definition) is 0. The van der Waals surface area contributed by atoms with Crippen LogP contribution in [-0.4, -0.2) is 6.43 Å².